The standard InChI is InChI=1S/C21H27ClO4/c1-3-21-10-16(22)19-14-7-5-13(24)8-12(14)4-6-15(19)20(21)17(9-18(21)25)26-11(2)23/h8,14-17,19-20H,3-7,9-10H2,1-2H3/t14-,15+,16+,17-,19+,20+,21+/m0/s1. The minimum Gasteiger partial charge on any atom is -0.462 e. The monoisotopic (exact) mass is 378 g/mol. The molecule has 5 heteroatoms. The first-order chi connectivity index (χ1) is 12.4. The minimum atomic E-state index is -0.445. The number of hydrogen-bond acceptors (Lipinski definition) is 4. The van der Waals surface area contributed by atoms with E-state index in [1.165, 1.54) is 12.5 Å². The van der Waals surface area contributed by atoms with Crippen LogP contribution in [0.5, 0.6) is 0 Å². The lowest BCUT2D eigenvalue weighted by Crippen LogP contribution is -2.54. The third-order valence-corrected chi connectivity index (χ3v) is 8.06. The SMILES string of the molecule is CC[C@]12C[C@@H](Cl)[C@H]3[C@@H](CCC4=CC(=O)CC[C@@H]43)[C@@H]1[C@@H](OC(C)=O)CC2=O. The Bertz CT molecular complexity index is 683. The van der Waals surface area contributed by atoms with E-state index in [1.807, 2.05) is 6.08 Å². The Balaban J connectivity index is 1.73. The van der Waals surface area contributed by atoms with Gasteiger partial charge in [-0.25, -0.2) is 0 Å². The number of fused-ring (bicyclic) bond motifs is 5. The highest BCUT2D eigenvalue weighted by molar-refractivity contribution is 6.21. The molecule has 0 spiro atoms. The van der Waals surface area contributed by atoms with Crippen LogP contribution in [0.15, 0.2) is 11.6 Å². The second kappa shape index (κ2) is 6.47. The lowest BCUT2D eigenvalue weighted by molar-refractivity contribution is -0.155. The summed E-state index contributed by atoms with van der Waals surface area (Å²) < 4.78 is 5.64. The first kappa shape index (κ1) is 18.2. The summed E-state index contributed by atoms with van der Waals surface area (Å²) in [6, 6.07) is 0. The van der Waals surface area contributed by atoms with Gasteiger partial charge < -0.3 is 4.74 Å². The van der Waals surface area contributed by atoms with Crippen molar-refractivity contribution in [3.8, 4) is 0 Å². The molecule has 0 aromatic carbocycles. The van der Waals surface area contributed by atoms with E-state index < -0.39 is 5.41 Å². The quantitative estimate of drug-likeness (QED) is 0.541. The van der Waals surface area contributed by atoms with Gasteiger partial charge in [-0.3, -0.25) is 14.4 Å². The number of halogens is 1. The van der Waals surface area contributed by atoms with Crippen molar-refractivity contribution in [1.29, 1.82) is 0 Å². The van der Waals surface area contributed by atoms with Crippen molar-refractivity contribution in [2.75, 3.05) is 0 Å². The summed E-state index contributed by atoms with van der Waals surface area (Å²) in [4.78, 5) is 36.5. The zero-order valence-corrected chi connectivity index (χ0v) is 16.3. The Morgan fingerprint density at radius 1 is 1.31 bits per heavy atom. The molecular weight excluding hydrogens is 352 g/mol. The lowest BCUT2D eigenvalue weighted by atomic mass is 9.51. The van der Waals surface area contributed by atoms with Crippen molar-refractivity contribution in [2.24, 2.45) is 29.1 Å². The summed E-state index contributed by atoms with van der Waals surface area (Å²) in [6.45, 7) is 3.49. The number of rotatable bonds is 2. The molecule has 3 saturated carbocycles. The Kier molecular flexibility index (Phi) is 4.53. The average molecular weight is 379 g/mol. The van der Waals surface area contributed by atoms with Crippen molar-refractivity contribution in [3.63, 3.8) is 0 Å². The number of ether oxygens (including phenoxy) is 1. The van der Waals surface area contributed by atoms with Gasteiger partial charge in [-0.15, -0.1) is 11.6 Å². The highest BCUT2D eigenvalue weighted by Crippen LogP contribution is 2.63. The maximum atomic E-state index is 13.0. The molecule has 0 radical (unpaired) electrons. The predicted molar refractivity (Wildman–Crippen MR) is 97.7 cm³/mol. The van der Waals surface area contributed by atoms with Crippen LogP contribution in [0, 0.1) is 29.1 Å². The van der Waals surface area contributed by atoms with Crippen LogP contribution in [0.3, 0.4) is 0 Å². The van der Waals surface area contributed by atoms with Gasteiger partial charge in [0, 0.05) is 36.5 Å². The van der Waals surface area contributed by atoms with E-state index in [-0.39, 0.29) is 46.8 Å². The smallest absolute Gasteiger partial charge is 0.302 e. The van der Waals surface area contributed by atoms with Crippen molar-refractivity contribution in [3.05, 3.63) is 11.6 Å². The molecule has 0 heterocycles. The van der Waals surface area contributed by atoms with Crippen molar-refractivity contribution < 1.29 is 19.1 Å². The molecule has 4 nitrogen and oxygen atoms in total. The fourth-order valence-electron chi connectivity index (χ4n) is 6.71. The molecule has 0 saturated heterocycles. The fourth-order valence-corrected chi connectivity index (χ4v) is 7.35. The number of carbonyl (C=O) groups excluding carboxylic acids is 3. The van der Waals surface area contributed by atoms with Crippen LogP contribution in [-0.4, -0.2) is 29.0 Å². The van der Waals surface area contributed by atoms with Gasteiger partial charge in [0.2, 0.25) is 0 Å². The van der Waals surface area contributed by atoms with E-state index in [0.29, 0.717) is 25.2 Å². The Labute approximate surface area is 159 Å². The number of esters is 1. The van der Waals surface area contributed by atoms with Gasteiger partial charge in [0.15, 0.2) is 5.78 Å². The van der Waals surface area contributed by atoms with E-state index in [2.05, 4.69) is 6.92 Å². The third-order valence-electron chi connectivity index (χ3n) is 7.62. The van der Waals surface area contributed by atoms with Crippen molar-refractivity contribution in [1.82, 2.24) is 0 Å². The summed E-state index contributed by atoms with van der Waals surface area (Å²) >= 11 is 6.93. The maximum absolute atomic E-state index is 13.0. The Morgan fingerprint density at radius 3 is 2.77 bits per heavy atom. The zero-order chi connectivity index (χ0) is 18.6. The number of Topliss-reactive ketones (excluding diaryl/α,β-unsaturated/α-hetero) is 1. The summed E-state index contributed by atoms with van der Waals surface area (Å²) in [7, 11) is 0. The maximum Gasteiger partial charge on any atom is 0.302 e. The molecule has 0 unspecified atom stereocenters. The largest absolute Gasteiger partial charge is 0.462 e. The number of alkyl halides is 1. The molecule has 3 fully saturated rings. The number of ketones is 2. The molecule has 7 atom stereocenters. The molecule has 26 heavy (non-hydrogen) atoms. The van der Waals surface area contributed by atoms with Gasteiger partial charge >= 0.3 is 5.97 Å². The van der Waals surface area contributed by atoms with Crippen LogP contribution in [0.25, 0.3) is 0 Å². The average Bonchev–Trinajstić information content (AvgIpc) is 2.85. The third kappa shape index (κ3) is 2.59. The molecule has 0 aromatic heterocycles. The highest BCUT2D eigenvalue weighted by atomic mass is 35.5. The molecule has 0 bridgehead atoms. The second-order valence-electron chi connectivity index (χ2n) is 8.64. The Hall–Kier alpha value is -1.16. The fraction of sp³-hybridized carbons (Fsp3) is 0.762. The van der Waals surface area contributed by atoms with Gasteiger partial charge in [-0.1, -0.05) is 12.5 Å². The molecular formula is C21H27ClO4. The predicted octanol–water partition coefficient (Wildman–Crippen LogP) is 3.85. The molecule has 0 aliphatic heterocycles. The van der Waals surface area contributed by atoms with Gasteiger partial charge in [-0.2, -0.15) is 0 Å². The minimum absolute atomic E-state index is 0.0573. The summed E-state index contributed by atoms with van der Waals surface area (Å²) in [5.74, 6) is 1.13. The molecule has 4 aliphatic carbocycles. The van der Waals surface area contributed by atoms with E-state index in [9.17, 15) is 14.4 Å². The molecule has 4 aliphatic rings. The molecule has 142 valence electrons. The number of allylic oxidation sites excluding steroid dienone is 1. The van der Waals surface area contributed by atoms with Crippen LogP contribution in [0.2, 0.25) is 0 Å². The summed E-state index contributed by atoms with van der Waals surface area (Å²) in [5.41, 5.74) is 0.810. The zero-order valence-electron chi connectivity index (χ0n) is 15.5. The topological polar surface area (TPSA) is 60.4 Å². The Morgan fingerprint density at radius 2 is 2.08 bits per heavy atom. The van der Waals surface area contributed by atoms with Crippen LogP contribution >= 0.6 is 11.6 Å². The lowest BCUT2D eigenvalue weighted by Gasteiger charge is -2.55. The highest BCUT2D eigenvalue weighted by Gasteiger charge is 2.64. The van der Waals surface area contributed by atoms with Gasteiger partial charge in [-0.05, 0) is 55.9 Å². The molecule has 0 amide bonds. The summed E-state index contributed by atoms with van der Waals surface area (Å²) in [5, 5.41) is -0.0573. The van der Waals surface area contributed by atoms with Crippen LogP contribution in [0.4, 0.5) is 0 Å². The number of hydrogen-bond donors (Lipinski definition) is 0. The van der Waals surface area contributed by atoms with Gasteiger partial charge in [0.05, 0.1) is 0 Å². The number of carbonyl (C=O) groups is 3. The van der Waals surface area contributed by atoms with Crippen molar-refractivity contribution >= 4 is 29.1 Å². The molecule has 0 N–H and O–H groups in total. The van der Waals surface area contributed by atoms with E-state index >= 15 is 0 Å². The van der Waals surface area contributed by atoms with Gasteiger partial charge in [0.1, 0.15) is 11.9 Å². The van der Waals surface area contributed by atoms with Crippen LogP contribution in [-0.2, 0) is 19.1 Å². The molecule has 4 rings (SSSR count). The second-order valence-corrected chi connectivity index (χ2v) is 9.20. The van der Waals surface area contributed by atoms with Crippen LogP contribution < -0.4 is 0 Å². The molecule has 0 aromatic rings. The van der Waals surface area contributed by atoms with Gasteiger partial charge in [0.25, 0.3) is 0 Å². The first-order valence-electron chi connectivity index (χ1n) is 9.95. The van der Waals surface area contributed by atoms with Crippen molar-refractivity contribution in [2.45, 2.75) is 70.3 Å². The van der Waals surface area contributed by atoms with E-state index in [1.54, 1.807) is 0 Å². The normalized spacial score (nSPS) is 44.7. The van der Waals surface area contributed by atoms with E-state index in [4.69, 9.17) is 16.3 Å². The first-order valence-corrected chi connectivity index (χ1v) is 10.4. The van der Waals surface area contributed by atoms with E-state index in [0.717, 1.165) is 25.7 Å². The van der Waals surface area contributed by atoms with Crippen LogP contribution in [0.1, 0.15) is 58.8 Å². The summed E-state index contributed by atoms with van der Waals surface area (Å²) in [6.07, 6.45) is 6.59.